The van der Waals surface area contributed by atoms with Gasteiger partial charge in [0.1, 0.15) is 0 Å². The van der Waals surface area contributed by atoms with Crippen LogP contribution in [0.4, 0.5) is 5.69 Å². The first kappa shape index (κ1) is 21.9. The van der Waals surface area contributed by atoms with E-state index in [1.165, 1.54) is 6.20 Å². The van der Waals surface area contributed by atoms with Gasteiger partial charge in [-0.05, 0) is 77.4 Å². The molecule has 0 radical (unpaired) electrons. The van der Waals surface area contributed by atoms with Crippen molar-refractivity contribution in [3.05, 3.63) is 53.3 Å². The molecule has 2 amide bonds. The fourth-order valence-corrected chi connectivity index (χ4v) is 3.63. The van der Waals surface area contributed by atoms with Crippen LogP contribution in [0.1, 0.15) is 55.2 Å². The number of aromatic nitrogens is 2. The fraction of sp³-hybridized carbons (Fsp3) is 0.478. The Morgan fingerprint density at radius 2 is 1.90 bits per heavy atom. The molecule has 2 heterocycles. The lowest BCUT2D eigenvalue weighted by Gasteiger charge is -2.33. The number of rotatable bonds is 5. The molecule has 0 spiro atoms. The first-order valence-corrected chi connectivity index (χ1v) is 10.4. The summed E-state index contributed by atoms with van der Waals surface area (Å²) in [4.78, 5) is 27.2. The molecule has 0 unspecified atom stereocenters. The van der Waals surface area contributed by atoms with Gasteiger partial charge < -0.3 is 10.6 Å². The van der Waals surface area contributed by atoms with E-state index in [1.54, 1.807) is 13.0 Å². The molecule has 160 valence electrons. The largest absolute Gasteiger partial charge is 0.351 e. The topological polar surface area (TPSA) is 87.2 Å². The Bertz CT molecular complexity index is 898. The zero-order chi connectivity index (χ0) is 21.7. The number of carbonyl (C=O) groups is 2. The summed E-state index contributed by atoms with van der Waals surface area (Å²) in [5, 5.41) is 13.7. The Hall–Kier alpha value is -2.80. The second kappa shape index (κ2) is 9.34. The van der Waals surface area contributed by atoms with Crippen molar-refractivity contribution in [1.29, 1.82) is 0 Å². The van der Waals surface area contributed by atoms with E-state index in [9.17, 15) is 9.59 Å². The predicted molar refractivity (Wildman–Crippen MR) is 117 cm³/mol. The van der Waals surface area contributed by atoms with Crippen molar-refractivity contribution in [2.24, 2.45) is 5.92 Å². The summed E-state index contributed by atoms with van der Waals surface area (Å²) in [6, 6.07) is 9.60. The molecule has 0 saturated carbocycles. The Morgan fingerprint density at radius 3 is 2.57 bits per heavy atom. The molecule has 2 aromatic rings. The van der Waals surface area contributed by atoms with Crippen molar-refractivity contribution in [2.75, 3.05) is 18.4 Å². The lowest BCUT2D eigenvalue weighted by molar-refractivity contribution is -0.127. The van der Waals surface area contributed by atoms with Crippen LogP contribution in [0.3, 0.4) is 0 Å². The van der Waals surface area contributed by atoms with Crippen LogP contribution in [0.25, 0.3) is 0 Å². The van der Waals surface area contributed by atoms with Crippen LogP contribution in [0.5, 0.6) is 0 Å². The summed E-state index contributed by atoms with van der Waals surface area (Å²) in [5.74, 6) is 0.0482. The molecule has 3 rings (SSSR count). The van der Waals surface area contributed by atoms with Gasteiger partial charge in [-0.3, -0.25) is 14.5 Å². The normalized spacial score (nSPS) is 15.6. The van der Waals surface area contributed by atoms with Crippen LogP contribution in [0, 0.1) is 12.8 Å². The van der Waals surface area contributed by atoms with E-state index in [0.29, 0.717) is 11.3 Å². The molecule has 0 bridgehead atoms. The number of carbonyl (C=O) groups excluding carboxylic acids is 2. The molecule has 7 nitrogen and oxygen atoms in total. The van der Waals surface area contributed by atoms with E-state index in [4.69, 9.17) is 0 Å². The summed E-state index contributed by atoms with van der Waals surface area (Å²) >= 11 is 0. The highest BCUT2D eigenvalue weighted by atomic mass is 16.2. The fourth-order valence-electron chi connectivity index (χ4n) is 3.63. The Labute approximate surface area is 178 Å². The molecule has 1 aliphatic heterocycles. The third kappa shape index (κ3) is 6.35. The number of hydrogen-bond acceptors (Lipinski definition) is 5. The molecule has 1 aromatic carbocycles. The number of likely N-dealkylation sites (tertiary alicyclic amines) is 1. The molecule has 1 saturated heterocycles. The molecule has 0 aliphatic carbocycles. The highest BCUT2D eigenvalue weighted by molar-refractivity contribution is 6.04. The standard InChI is InChI=1S/C23H31N5O2/c1-16-12-19(14-24-27-16)21(29)25-20-7-5-6-17(13-20)15-28-10-8-18(9-11-28)22(30)26-23(2,3)4/h5-7,12-14,18H,8-11,15H2,1-4H3,(H,25,29)(H,26,30). The maximum Gasteiger partial charge on any atom is 0.257 e. The van der Waals surface area contributed by atoms with Gasteiger partial charge in [-0.1, -0.05) is 12.1 Å². The molecule has 2 N–H and O–H groups in total. The Kier molecular flexibility index (Phi) is 6.82. The molecule has 7 heteroatoms. The predicted octanol–water partition coefficient (Wildman–Crippen LogP) is 3.16. The average Bonchev–Trinajstić information content (AvgIpc) is 2.67. The molecule has 1 fully saturated rings. The van der Waals surface area contributed by atoms with E-state index >= 15 is 0 Å². The average molecular weight is 410 g/mol. The maximum absolute atomic E-state index is 12.4. The second-order valence-corrected chi connectivity index (χ2v) is 9.03. The van der Waals surface area contributed by atoms with Gasteiger partial charge >= 0.3 is 0 Å². The maximum atomic E-state index is 12.4. The summed E-state index contributed by atoms with van der Waals surface area (Å²) in [7, 11) is 0. The Morgan fingerprint density at radius 1 is 1.17 bits per heavy atom. The number of amides is 2. The van der Waals surface area contributed by atoms with Crippen molar-refractivity contribution in [2.45, 2.75) is 52.6 Å². The molecule has 0 atom stereocenters. The highest BCUT2D eigenvalue weighted by Crippen LogP contribution is 2.21. The van der Waals surface area contributed by atoms with E-state index in [0.717, 1.165) is 43.7 Å². The minimum Gasteiger partial charge on any atom is -0.351 e. The summed E-state index contributed by atoms with van der Waals surface area (Å²) in [6.45, 7) is 10.4. The number of aryl methyl sites for hydroxylation is 1. The van der Waals surface area contributed by atoms with Crippen molar-refractivity contribution in [3.63, 3.8) is 0 Å². The first-order valence-electron chi connectivity index (χ1n) is 10.4. The number of nitrogens with zero attached hydrogens (tertiary/aromatic N) is 3. The Balaban J connectivity index is 1.53. The van der Waals surface area contributed by atoms with Crippen molar-refractivity contribution in [1.82, 2.24) is 20.4 Å². The third-order valence-corrected chi connectivity index (χ3v) is 5.09. The van der Waals surface area contributed by atoms with Gasteiger partial charge in [0, 0.05) is 23.7 Å². The first-order chi connectivity index (χ1) is 14.2. The van der Waals surface area contributed by atoms with Gasteiger partial charge in [0.05, 0.1) is 17.5 Å². The third-order valence-electron chi connectivity index (χ3n) is 5.09. The molecular formula is C23H31N5O2. The van der Waals surface area contributed by atoms with E-state index in [1.807, 2.05) is 39.0 Å². The van der Waals surface area contributed by atoms with Gasteiger partial charge in [0.25, 0.3) is 5.91 Å². The van der Waals surface area contributed by atoms with Gasteiger partial charge in [0.2, 0.25) is 5.91 Å². The van der Waals surface area contributed by atoms with Crippen LogP contribution < -0.4 is 10.6 Å². The quantitative estimate of drug-likeness (QED) is 0.792. The van der Waals surface area contributed by atoms with E-state index in [2.05, 4.69) is 31.8 Å². The molecule has 30 heavy (non-hydrogen) atoms. The summed E-state index contributed by atoms with van der Waals surface area (Å²) < 4.78 is 0. The second-order valence-electron chi connectivity index (χ2n) is 9.03. The zero-order valence-electron chi connectivity index (χ0n) is 18.2. The van der Waals surface area contributed by atoms with Gasteiger partial charge in [-0.25, -0.2) is 0 Å². The SMILES string of the molecule is Cc1cc(C(=O)Nc2cccc(CN3CCC(C(=O)NC(C)(C)C)CC3)c2)cnn1. The lowest BCUT2D eigenvalue weighted by atomic mass is 9.94. The number of piperidine rings is 1. The van der Waals surface area contributed by atoms with Crippen molar-refractivity contribution < 1.29 is 9.59 Å². The zero-order valence-corrected chi connectivity index (χ0v) is 18.2. The minimum absolute atomic E-state index is 0.0866. The van der Waals surface area contributed by atoms with E-state index < -0.39 is 0 Å². The molecule has 1 aliphatic rings. The highest BCUT2D eigenvalue weighted by Gasteiger charge is 2.27. The summed E-state index contributed by atoms with van der Waals surface area (Å²) in [6.07, 6.45) is 3.20. The van der Waals surface area contributed by atoms with Crippen LogP contribution in [0.15, 0.2) is 36.5 Å². The van der Waals surface area contributed by atoms with Crippen LogP contribution in [-0.2, 0) is 11.3 Å². The van der Waals surface area contributed by atoms with Crippen LogP contribution in [-0.4, -0.2) is 45.5 Å². The minimum atomic E-state index is -0.198. The monoisotopic (exact) mass is 409 g/mol. The van der Waals surface area contributed by atoms with Crippen LogP contribution in [0.2, 0.25) is 0 Å². The van der Waals surface area contributed by atoms with E-state index in [-0.39, 0.29) is 23.3 Å². The molecular weight excluding hydrogens is 378 g/mol. The lowest BCUT2D eigenvalue weighted by Crippen LogP contribution is -2.46. The number of nitrogens with one attached hydrogen (secondary N) is 2. The van der Waals surface area contributed by atoms with Crippen molar-refractivity contribution >= 4 is 17.5 Å². The number of anilines is 1. The smallest absolute Gasteiger partial charge is 0.257 e. The number of hydrogen-bond donors (Lipinski definition) is 2. The number of benzene rings is 1. The van der Waals surface area contributed by atoms with Gasteiger partial charge in [-0.2, -0.15) is 10.2 Å². The van der Waals surface area contributed by atoms with Crippen LogP contribution >= 0.6 is 0 Å². The molecule has 1 aromatic heterocycles. The van der Waals surface area contributed by atoms with Crippen molar-refractivity contribution in [3.8, 4) is 0 Å². The van der Waals surface area contributed by atoms with Gasteiger partial charge in [-0.15, -0.1) is 0 Å². The summed E-state index contributed by atoms with van der Waals surface area (Å²) in [5.41, 5.74) is 2.89. The van der Waals surface area contributed by atoms with Gasteiger partial charge in [0.15, 0.2) is 0 Å².